The zero-order valence-corrected chi connectivity index (χ0v) is 8.77. The number of anilines is 1. The number of carbonyl (C=O) groups excluding carboxylic acids is 1. The molecule has 0 aromatic carbocycles. The fraction of sp³-hybridized carbons (Fsp3) is 0.600. The van der Waals surface area contributed by atoms with Gasteiger partial charge in [-0.15, -0.1) is 0 Å². The van der Waals surface area contributed by atoms with Gasteiger partial charge in [0.1, 0.15) is 5.76 Å². The van der Waals surface area contributed by atoms with Gasteiger partial charge in [0.05, 0.1) is 6.42 Å². The molecule has 1 aliphatic heterocycles. The van der Waals surface area contributed by atoms with Crippen LogP contribution in [0, 0.1) is 0 Å². The second-order valence-corrected chi connectivity index (χ2v) is 3.97. The molecule has 2 N–H and O–H groups in total. The molecule has 0 radical (unpaired) electrons. The van der Waals surface area contributed by atoms with Crippen LogP contribution in [0.25, 0.3) is 0 Å². The van der Waals surface area contributed by atoms with Gasteiger partial charge in [0.25, 0.3) is 0 Å². The second kappa shape index (κ2) is 3.92. The maximum Gasteiger partial charge on any atom is 0.230 e. The molecule has 1 saturated heterocycles. The Labute approximate surface area is 88.2 Å². The van der Waals surface area contributed by atoms with Crippen LogP contribution in [0.1, 0.15) is 25.5 Å². The molecule has 1 fully saturated rings. The van der Waals surface area contributed by atoms with Crippen LogP contribution in [0.4, 0.5) is 5.82 Å². The van der Waals surface area contributed by atoms with Gasteiger partial charge in [-0.2, -0.15) is 0 Å². The highest BCUT2D eigenvalue weighted by Crippen LogP contribution is 2.18. The Bertz CT molecular complexity index is 361. The van der Waals surface area contributed by atoms with E-state index in [9.17, 15) is 4.79 Å². The lowest BCUT2D eigenvalue weighted by molar-refractivity contribution is -0.131. The van der Waals surface area contributed by atoms with Crippen LogP contribution in [-0.4, -0.2) is 28.6 Å². The summed E-state index contributed by atoms with van der Waals surface area (Å²) < 4.78 is 4.91. The first-order valence-electron chi connectivity index (χ1n) is 5.17. The minimum atomic E-state index is 0.0937. The number of nitrogens with two attached hydrogens (primary N) is 1. The van der Waals surface area contributed by atoms with Crippen molar-refractivity contribution in [2.45, 2.75) is 32.2 Å². The number of amides is 1. The fourth-order valence-corrected chi connectivity index (χ4v) is 1.97. The van der Waals surface area contributed by atoms with E-state index in [1.54, 1.807) is 6.07 Å². The summed E-state index contributed by atoms with van der Waals surface area (Å²) in [5.74, 6) is 0.958. The van der Waals surface area contributed by atoms with E-state index in [1.165, 1.54) is 0 Å². The van der Waals surface area contributed by atoms with Crippen molar-refractivity contribution in [3.63, 3.8) is 0 Å². The van der Waals surface area contributed by atoms with Gasteiger partial charge in [0, 0.05) is 18.7 Å². The first kappa shape index (κ1) is 10.0. The maximum atomic E-state index is 11.8. The molecule has 0 saturated carbocycles. The van der Waals surface area contributed by atoms with Crippen molar-refractivity contribution in [1.82, 2.24) is 10.1 Å². The van der Waals surface area contributed by atoms with Gasteiger partial charge in [0.2, 0.25) is 5.91 Å². The number of nitrogens with zero attached hydrogens (tertiary/aromatic N) is 2. The number of hydrogen-bond acceptors (Lipinski definition) is 4. The Balaban J connectivity index is 1.97. The zero-order valence-electron chi connectivity index (χ0n) is 8.77. The third kappa shape index (κ3) is 2.11. The molecule has 1 atom stereocenters. The first-order valence-corrected chi connectivity index (χ1v) is 5.17. The van der Waals surface area contributed by atoms with Gasteiger partial charge in [-0.25, -0.2) is 0 Å². The number of carbonyl (C=O) groups is 1. The number of likely N-dealkylation sites (tertiary alicyclic amines) is 1. The molecule has 1 unspecified atom stereocenters. The summed E-state index contributed by atoms with van der Waals surface area (Å²) in [5, 5.41) is 3.55. The van der Waals surface area contributed by atoms with Crippen LogP contribution in [0.15, 0.2) is 10.6 Å². The Kier molecular flexibility index (Phi) is 2.62. The zero-order chi connectivity index (χ0) is 10.8. The Morgan fingerprint density at radius 2 is 2.60 bits per heavy atom. The summed E-state index contributed by atoms with van der Waals surface area (Å²) >= 11 is 0. The van der Waals surface area contributed by atoms with Crippen molar-refractivity contribution in [1.29, 1.82) is 0 Å². The predicted octanol–water partition coefficient (Wildman–Crippen LogP) is 0.810. The molecule has 0 aliphatic carbocycles. The Morgan fingerprint density at radius 1 is 1.80 bits per heavy atom. The molecule has 5 heteroatoms. The van der Waals surface area contributed by atoms with E-state index < -0.39 is 0 Å². The first-order chi connectivity index (χ1) is 7.16. The molecule has 1 amide bonds. The average Bonchev–Trinajstić information content (AvgIpc) is 2.75. The third-order valence-corrected chi connectivity index (χ3v) is 2.78. The highest BCUT2D eigenvalue weighted by atomic mass is 16.5. The van der Waals surface area contributed by atoms with Crippen molar-refractivity contribution < 1.29 is 9.32 Å². The quantitative estimate of drug-likeness (QED) is 0.782. The number of rotatable bonds is 2. The average molecular weight is 209 g/mol. The van der Waals surface area contributed by atoms with Crippen molar-refractivity contribution in [2.75, 3.05) is 12.3 Å². The van der Waals surface area contributed by atoms with E-state index >= 15 is 0 Å². The maximum absolute atomic E-state index is 11.8. The fourth-order valence-electron chi connectivity index (χ4n) is 1.97. The molecule has 15 heavy (non-hydrogen) atoms. The van der Waals surface area contributed by atoms with Gasteiger partial charge in [0.15, 0.2) is 5.82 Å². The molecule has 1 aliphatic rings. The van der Waals surface area contributed by atoms with Crippen LogP contribution in [0.2, 0.25) is 0 Å². The number of nitrogen functional groups attached to an aromatic ring is 1. The van der Waals surface area contributed by atoms with Gasteiger partial charge in [-0.05, 0) is 19.8 Å². The Morgan fingerprint density at radius 3 is 3.13 bits per heavy atom. The molecule has 1 aromatic heterocycles. The van der Waals surface area contributed by atoms with Crippen molar-refractivity contribution in [3.05, 3.63) is 11.8 Å². The van der Waals surface area contributed by atoms with Gasteiger partial charge >= 0.3 is 0 Å². The van der Waals surface area contributed by atoms with E-state index in [4.69, 9.17) is 10.3 Å². The molecule has 82 valence electrons. The molecule has 0 bridgehead atoms. The molecule has 5 nitrogen and oxygen atoms in total. The lowest BCUT2D eigenvalue weighted by Crippen LogP contribution is -2.34. The van der Waals surface area contributed by atoms with Crippen molar-refractivity contribution in [3.8, 4) is 0 Å². The lowest BCUT2D eigenvalue weighted by atomic mass is 10.2. The van der Waals surface area contributed by atoms with Crippen molar-refractivity contribution >= 4 is 11.7 Å². The summed E-state index contributed by atoms with van der Waals surface area (Å²) in [7, 11) is 0. The van der Waals surface area contributed by atoms with E-state index in [0.717, 1.165) is 19.4 Å². The highest BCUT2D eigenvalue weighted by molar-refractivity contribution is 5.78. The second-order valence-electron chi connectivity index (χ2n) is 3.97. The van der Waals surface area contributed by atoms with Gasteiger partial charge in [-0.3, -0.25) is 4.79 Å². The smallest absolute Gasteiger partial charge is 0.230 e. The molecule has 1 aromatic rings. The van der Waals surface area contributed by atoms with E-state index in [-0.39, 0.29) is 12.3 Å². The highest BCUT2D eigenvalue weighted by Gasteiger charge is 2.25. The van der Waals surface area contributed by atoms with Crippen LogP contribution in [-0.2, 0) is 11.2 Å². The predicted molar refractivity (Wildman–Crippen MR) is 55.0 cm³/mol. The normalized spacial score (nSPS) is 20.9. The van der Waals surface area contributed by atoms with E-state index in [2.05, 4.69) is 12.1 Å². The summed E-state index contributed by atoms with van der Waals surface area (Å²) in [6.45, 7) is 2.92. The Hall–Kier alpha value is -1.52. The minimum absolute atomic E-state index is 0.0937. The van der Waals surface area contributed by atoms with Crippen LogP contribution >= 0.6 is 0 Å². The summed E-state index contributed by atoms with van der Waals surface area (Å²) in [6.07, 6.45) is 2.43. The minimum Gasteiger partial charge on any atom is -0.381 e. The third-order valence-electron chi connectivity index (χ3n) is 2.78. The monoisotopic (exact) mass is 209 g/mol. The largest absolute Gasteiger partial charge is 0.381 e. The van der Waals surface area contributed by atoms with E-state index in [1.807, 2.05) is 4.90 Å². The topological polar surface area (TPSA) is 72.4 Å². The SMILES string of the molecule is CC1CCCN1C(=O)Cc1cc(N)no1. The van der Waals surface area contributed by atoms with Crippen molar-refractivity contribution in [2.24, 2.45) is 0 Å². The van der Waals surface area contributed by atoms with Crippen LogP contribution in [0.5, 0.6) is 0 Å². The van der Waals surface area contributed by atoms with Crippen LogP contribution < -0.4 is 5.73 Å². The molecular weight excluding hydrogens is 194 g/mol. The van der Waals surface area contributed by atoms with Crippen LogP contribution in [0.3, 0.4) is 0 Å². The number of hydrogen-bond donors (Lipinski definition) is 1. The summed E-state index contributed by atoms with van der Waals surface area (Å²) in [4.78, 5) is 13.7. The van der Waals surface area contributed by atoms with Gasteiger partial charge < -0.3 is 15.2 Å². The van der Waals surface area contributed by atoms with Gasteiger partial charge in [-0.1, -0.05) is 5.16 Å². The van der Waals surface area contributed by atoms with E-state index in [0.29, 0.717) is 17.6 Å². The standard InChI is InChI=1S/C10H15N3O2/c1-7-3-2-4-13(7)10(14)6-8-5-9(11)12-15-8/h5,7H,2-4,6H2,1H3,(H2,11,12). The summed E-state index contributed by atoms with van der Waals surface area (Å²) in [6, 6.07) is 1.94. The summed E-state index contributed by atoms with van der Waals surface area (Å²) in [5.41, 5.74) is 5.41. The molecule has 2 heterocycles. The molecular formula is C10H15N3O2. The molecule has 0 spiro atoms. The number of aromatic nitrogens is 1. The molecule has 2 rings (SSSR count). The lowest BCUT2D eigenvalue weighted by Gasteiger charge is -2.20.